The van der Waals surface area contributed by atoms with Gasteiger partial charge in [-0.25, -0.2) is 9.59 Å². The van der Waals surface area contributed by atoms with Crippen LogP contribution in [0.3, 0.4) is 0 Å². The molecule has 0 spiro atoms. The Hall–Kier alpha value is -3.43. The predicted octanol–water partition coefficient (Wildman–Crippen LogP) is 2.06. The van der Waals surface area contributed by atoms with E-state index in [1.165, 1.54) is 0 Å². The highest BCUT2D eigenvalue weighted by Crippen LogP contribution is 2.44. The Morgan fingerprint density at radius 2 is 1.71 bits per heavy atom. The molecule has 2 aromatic rings. The summed E-state index contributed by atoms with van der Waals surface area (Å²) in [7, 11) is 3.59. The number of nitrogens with one attached hydrogen (secondary N) is 2. The van der Waals surface area contributed by atoms with Gasteiger partial charge in [-0.05, 0) is 42.8 Å². The number of amides is 2. The highest BCUT2D eigenvalue weighted by Gasteiger charge is 2.35. The Morgan fingerprint density at radius 1 is 1.09 bits per heavy atom. The van der Waals surface area contributed by atoms with E-state index in [-0.39, 0.29) is 31.5 Å². The van der Waals surface area contributed by atoms with Crippen LogP contribution in [0.5, 0.6) is 0 Å². The standard InChI is InChI=1S/C26H31N3O6/c1-29(2)14-22(24(30)27-13-16-11-12-34-23(16)25(31)32)28-26(33)35-15-21-19-9-5-3-7-17(19)18-8-4-6-10-20(18)21/h3-10,16,21-23H,11-15H2,1-2H3,(H,27,30)(H,28,33)(H,31,32)/t16-,22?,23-/m1/s1. The summed E-state index contributed by atoms with van der Waals surface area (Å²) >= 11 is 0. The lowest BCUT2D eigenvalue weighted by Gasteiger charge is -2.23. The minimum absolute atomic E-state index is 0.0791. The van der Waals surface area contributed by atoms with Gasteiger partial charge in [-0.2, -0.15) is 0 Å². The van der Waals surface area contributed by atoms with Crippen molar-refractivity contribution in [3.63, 3.8) is 0 Å². The zero-order valence-corrected chi connectivity index (χ0v) is 19.9. The third-order valence-electron chi connectivity index (χ3n) is 6.50. The second kappa shape index (κ2) is 10.9. The lowest BCUT2D eigenvalue weighted by molar-refractivity contribution is -0.149. The first kappa shape index (κ1) is 24.7. The van der Waals surface area contributed by atoms with Crippen LogP contribution in [0.2, 0.25) is 0 Å². The van der Waals surface area contributed by atoms with Crippen molar-refractivity contribution in [2.24, 2.45) is 5.92 Å². The first-order chi connectivity index (χ1) is 16.8. The number of nitrogens with zero attached hydrogens (tertiary/aromatic N) is 1. The fourth-order valence-corrected chi connectivity index (χ4v) is 4.81. The summed E-state index contributed by atoms with van der Waals surface area (Å²) in [4.78, 5) is 38.6. The van der Waals surface area contributed by atoms with Crippen LogP contribution >= 0.6 is 0 Å². The SMILES string of the molecule is CN(C)CC(NC(=O)OCC1c2ccccc2-c2ccccc21)C(=O)NC[C@H]1CCO[C@H]1C(=O)O. The van der Waals surface area contributed by atoms with Crippen molar-refractivity contribution in [3.8, 4) is 11.1 Å². The third-order valence-corrected chi connectivity index (χ3v) is 6.50. The summed E-state index contributed by atoms with van der Waals surface area (Å²) in [6.45, 7) is 0.915. The van der Waals surface area contributed by atoms with E-state index in [1.807, 2.05) is 36.4 Å². The van der Waals surface area contributed by atoms with E-state index in [2.05, 4.69) is 22.8 Å². The zero-order valence-electron chi connectivity index (χ0n) is 19.9. The molecule has 1 heterocycles. The quantitative estimate of drug-likeness (QED) is 0.502. The summed E-state index contributed by atoms with van der Waals surface area (Å²) in [6.07, 6.45) is -1.06. The number of ether oxygens (including phenoxy) is 2. The van der Waals surface area contributed by atoms with Crippen molar-refractivity contribution in [1.29, 1.82) is 0 Å². The van der Waals surface area contributed by atoms with Crippen LogP contribution in [-0.4, -0.2) is 80.5 Å². The molecule has 186 valence electrons. The molecule has 3 atom stereocenters. The molecule has 0 saturated carbocycles. The van der Waals surface area contributed by atoms with Crippen molar-refractivity contribution in [2.75, 3.05) is 40.4 Å². The van der Waals surface area contributed by atoms with Crippen molar-refractivity contribution >= 4 is 18.0 Å². The van der Waals surface area contributed by atoms with Crippen molar-refractivity contribution in [2.45, 2.75) is 24.5 Å². The van der Waals surface area contributed by atoms with Crippen LogP contribution in [-0.2, 0) is 19.1 Å². The summed E-state index contributed by atoms with van der Waals surface area (Å²) in [5.74, 6) is -1.83. The largest absolute Gasteiger partial charge is 0.479 e. The van der Waals surface area contributed by atoms with Gasteiger partial charge in [0.25, 0.3) is 0 Å². The molecule has 0 aromatic heterocycles. The minimum Gasteiger partial charge on any atom is -0.479 e. The van der Waals surface area contributed by atoms with E-state index in [1.54, 1.807) is 19.0 Å². The van der Waals surface area contributed by atoms with E-state index in [9.17, 15) is 19.5 Å². The maximum atomic E-state index is 12.8. The number of carboxylic acid groups (broad SMARTS) is 1. The Morgan fingerprint density at radius 3 is 2.31 bits per heavy atom. The van der Waals surface area contributed by atoms with E-state index in [0.29, 0.717) is 13.0 Å². The number of fused-ring (bicyclic) bond motifs is 3. The van der Waals surface area contributed by atoms with E-state index < -0.39 is 30.1 Å². The van der Waals surface area contributed by atoms with Crippen molar-refractivity contribution in [1.82, 2.24) is 15.5 Å². The Balaban J connectivity index is 1.36. The van der Waals surface area contributed by atoms with Gasteiger partial charge in [0.1, 0.15) is 12.6 Å². The molecule has 1 aliphatic heterocycles. The predicted molar refractivity (Wildman–Crippen MR) is 129 cm³/mol. The van der Waals surface area contributed by atoms with Crippen LogP contribution < -0.4 is 10.6 Å². The van der Waals surface area contributed by atoms with Gasteiger partial charge >= 0.3 is 12.1 Å². The number of carbonyl (C=O) groups excluding carboxylic acids is 2. The molecular weight excluding hydrogens is 450 g/mol. The number of alkyl carbamates (subject to hydrolysis) is 1. The van der Waals surface area contributed by atoms with Crippen LogP contribution in [0, 0.1) is 5.92 Å². The maximum Gasteiger partial charge on any atom is 0.407 e. The van der Waals surface area contributed by atoms with Crippen LogP contribution in [0.4, 0.5) is 4.79 Å². The molecule has 0 radical (unpaired) electrons. The molecular formula is C26H31N3O6. The molecule has 9 nitrogen and oxygen atoms in total. The molecule has 0 bridgehead atoms. The number of hydrogen-bond donors (Lipinski definition) is 3. The van der Waals surface area contributed by atoms with Gasteiger partial charge in [0.2, 0.25) is 5.91 Å². The monoisotopic (exact) mass is 481 g/mol. The maximum absolute atomic E-state index is 12.8. The van der Waals surface area contributed by atoms with Crippen LogP contribution in [0.1, 0.15) is 23.5 Å². The van der Waals surface area contributed by atoms with E-state index in [0.717, 1.165) is 22.3 Å². The number of likely N-dealkylation sites (N-methyl/N-ethyl adjacent to an activating group) is 1. The molecule has 2 aromatic carbocycles. The van der Waals surface area contributed by atoms with Gasteiger partial charge in [0.15, 0.2) is 6.10 Å². The molecule has 4 rings (SSSR count). The third kappa shape index (κ3) is 5.63. The molecule has 9 heteroatoms. The minimum atomic E-state index is -1.04. The van der Waals surface area contributed by atoms with Gasteiger partial charge in [0.05, 0.1) is 0 Å². The number of benzene rings is 2. The highest BCUT2D eigenvalue weighted by molar-refractivity contribution is 5.86. The smallest absolute Gasteiger partial charge is 0.407 e. The lowest BCUT2D eigenvalue weighted by atomic mass is 9.98. The average Bonchev–Trinajstić information content (AvgIpc) is 3.43. The van der Waals surface area contributed by atoms with Crippen LogP contribution in [0.25, 0.3) is 11.1 Å². The Bertz CT molecular complexity index is 1040. The average molecular weight is 482 g/mol. The van der Waals surface area contributed by atoms with Gasteiger partial charge in [-0.15, -0.1) is 0 Å². The zero-order chi connectivity index (χ0) is 24.9. The second-order valence-electron chi connectivity index (χ2n) is 9.21. The summed E-state index contributed by atoms with van der Waals surface area (Å²) in [6, 6.07) is 15.3. The number of carbonyl (C=O) groups is 3. The Labute approximate surface area is 204 Å². The van der Waals surface area contributed by atoms with Gasteiger partial charge in [0, 0.05) is 31.5 Å². The first-order valence-corrected chi connectivity index (χ1v) is 11.7. The van der Waals surface area contributed by atoms with Crippen LogP contribution in [0.15, 0.2) is 48.5 Å². The highest BCUT2D eigenvalue weighted by atomic mass is 16.5. The number of aliphatic carboxylic acids is 1. The molecule has 1 aliphatic carbocycles. The normalized spacial score (nSPS) is 19.6. The molecule has 2 amide bonds. The van der Waals surface area contributed by atoms with Gasteiger partial charge in [-0.1, -0.05) is 48.5 Å². The summed E-state index contributed by atoms with van der Waals surface area (Å²) in [5.41, 5.74) is 4.49. The second-order valence-corrected chi connectivity index (χ2v) is 9.21. The lowest BCUT2D eigenvalue weighted by Crippen LogP contribution is -2.53. The van der Waals surface area contributed by atoms with E-state index in [4.69, 9.17) is 9.47 Å². The molecule has 1 saturated heterocycles. The first-order valence-electron chi connectivity index (χ1n) is 11.7. The van der Waals surface area contributed by atoms with Gasteiger partial charge < -0.3 is 30.1 Å². The molecule has 35 heavy (non-hydrogen) atoms. The van der Waals surface area contributed by atoms with Crippen molar-refractivity contribution < 1.29 is 29.0 Å². The number of rotatable bonds is 9. The summed E-state index contributed by atoms with van der Waals surface area (Å²) < 4.78 is 10.8. The molecule has 3 N–H and O–H groups in total. The van der Waals surface area contributed by atoms with Crippen molar-refractivity contribution in [3.05, 3.63) is 59.7 Å². The summed E-state index contributed by atoms with van der Waals surface area (Å²) in [5, 5.41) is 14.7. The van der Waals surface area contributed by atoms with Gasteiger partial charge in [-0.3, -0.25) is 4.79 Å². The molecule has 1 fully saturated rings. The molecule has 1 unspecified atom stereocenters. The molecule has 2 aliphatic rings. The van der Waals surface area contributed by atoms with E-state index >= 15 is 0 Å². The fraction of sp³-hybridized carbons (Fsp3) is 0.423. The number of carboxylic acids is 1. The fourth-order valence-electron chi connectivity index (χ4n) is 4.81. The topological polar surface area (TPSA) is 117 Å². The Kier molecular flexibility index (Phi) is 7.67. The number of hydrogen-bond acceptors (Lipinski definition) is 6.